The Kier molecular flexibility index (Phi) is 4.08. The lowest BCUT2D eigenvalue weighted by molar-refractivity contribution is -0.226. The third kappa shape index (κ3) is 3.71. The van der Waals surface area contributed by atoms with Gasteiger partial charge in [-0.3, -0.25) is 4.55 Å². The second kappa shape index (κ2) is 5.34. The molecule has 1 aliphatic carbocycles. The average Bonchev–Trinajstić information content (AvgIpc) is 2.69. The van der Waals surface area contributed by atoms with Crippen LogP contribution in [-0.4, -0.2) is 31.0 Å². The first kappa shape index (κ1) is 15.3. The maximum absolute atomic E-state index is 12.8. The van der Waals surface area contributed by atoms with Crippen molar-refractivity contribution in [3.05, 3.63) is 35.4 Å². The van der Waals surface area contributed by atoms with E-state index < -0.39 is 34.3 Å². The zero-order valence-corrected chi connectivity index (χ0v) is 11.1. The molecular formula is C12H13F3O4S. The maximum Gasteiger partial charge on any atom is 0.415 e. The van der Waals surface area contributed by atoms with Crippen LogP contribution in [0.4, 0.5) is 13.2 Å². The Bertz CT molecular complexity index is 583. The molecule has 0 saturated heterocycles. The Labute approximate surface area is 114 Å². The van der Waals surface area contributed by atoms with Gasteiger partial charge < -0.3 is 4.74 Å². The molecule has 1 aliphatic rings. The van der Waals surface area contributed by atoms with E-state index in [0.717, 1.165) is 5.56 Å². The molecular weight excluding hydrogens is 297 g/mol. The second-order valence-electron chi connectivity index (χ2n) is 4.64. The second-order valence-corrected chi connectivity index (χ2v) is 6.14. The SMILES string of the molecule is O=S(=O)(O)CC(OC1CCc2ccccc21)C(F)(F)F. The highest BCUT2D eigenvalue weighted by Crippen LogP contribution is 2.37. The van der Waals surface area contributed by atoms with Gasteiger partial charge in [-0.2, -0.15) is 21.6 Å². The van der Waals surface area contributed by atoms with Crippen LogP contribution in [0.15, 0.2) is 24.3 Å². The Morgan fingerprint density at radius 3 is 2.60 bits per heavy atom. The summed E-state index contributed by atoms with van der Waals surface area (Å²) in [6.45, 7) is 0. The van der Waals surface area contributed by atoms with Gasteiger partial charge in [0.2, 0.25) is 0 Å². The molecule has 2 unspecified atom stereocenters. The Hall–Kier alpha value is -1.12. The minimum atomic E-state index is -4.85. The number of hydrogen-bond acceptors (Lipinski definition) is 3. The first-order chi connectivity index (χ1) is 9.17. The molecule has 0 aromatic heterocycles. The Balaban J connectivity index is 2.18. The fourth-order valence-electron chi connectivity index (χ4n) is 2.26. The molecule has 1 N–H and O–H groups in total. The van der Waals surface area contributed by atoms with Crippen molar-refractivity contribution < 1.29 is 30.9 Å². The zero-order valence-electron chi connectivity index (χ0n) is 10.3. The molecule has 0 fully saturated rings. The third-order valence-electron chi connectivity index (χ3n) is 3.13. The summed E-state index contributed by atoms with van der Waals surface area (Å²) in [6.07, 6.45) is -7.25. The van der Waals surface area contributed by atoms with Crippen LogP contribution >= 0.6 is 0 Å². The Morgan fingerprint density at radius 2 is 2.00 bits per heavy atom. The largest absolute Gasteiger partial charge is 0.415 e. The molecule has 0 spiro atoms. The van der Waals surface area contributed by atoms with Crippen molar-refractivity contribution in [2.45, 2.75) is 31.2 Å². The first-order valence-corrected chi connectivity index (χ1v) is 7.53. The monoisotopic (exact) mass is 310 g/mol. The molecule has 0 amide bonds. The summed E-state index contributed by atoms with van der Waals surface area (Å²) in [7, 11) is -4.77. The minimum Gasteiger partial charge on any atom is -0.360 e. The Morgan fingerprint density at radius 1 is 1.35 bits per heavy atom. The fourth-order valence-corrected chi connectivity index (χ4v) is 2.91. The van der Waals surface area contributed by atoms with Crippen molar-refractivity contribution in [1.29, 1.82) is 0 Å². The number of ether oxygens (including phenoxy) is 1. The van der Waals surface area contributed by atoms with Gasteiger partial charge in [-0.05, 0) is 24.0 Å². The van der Waals surface area contributed by atoms with Crippen molar-refractivity contribution in [2.24, 2.45) is 0 Å². The molecule has 1 aromatic rings. The molecule has 8 heteroatoms. The van der Waals surface area contributed by atoms with E-state index in [1.54, 1.807) is 24.3 Å². The van der Waals surface area contributed by atoms with Crippen LogP contribution in [0.2, 0.25) is 0 Å². The van der Waals surface area contributed by atoms with Gasteiger partial charge in [-0.1, -0.05) is 24.3 Å². The maximum atomic E-state index is 12.8. The van der Waals surface area contributed by atoms with Crippen molar-refractivity contribution >= 4 is 10.1 Å². The molecule has 0 radical (unpaired) electrons. The lowest BCUT2D eigenvalue weighted by atomic mass is 10.1. The summed E-state index contributed by atoms with van der Waals surface area (Å²) in [5.74, 6) is -1.49. The zero-order chi connectivity index (χ0) is 15.0. The van der Waals surface area contributed by atoms with E-state index >= 15 is 0 Å². The minimum absolute atomic E-state index is 0.359. The van der Waals surface area contributed by atoms with Gasteiger partial charge in [0, 0.05) is 0 Å². The number of alkyl halides is 3. The lowest BCUT2D eigenvalue weighted by Gasteiger charge is -2.24. The normalized spacial score (nSPS) is 20.7. The first-order valence-electron chi connectivity index (χ1n) is 5.92. The molecule has 0 bridgehead atoms. The number of aryl methyl sites for hydroxylation is 1. The summed E-state index contributed by atoms with van der Waals surface area (Å²) in [6, 6.07) is 6.92. The van der Waals surface area contributed by atoms with Crippen LogP contribution in [0.25, 0.3) is 0 Å². The van der Waals surface area contributed by atoms with Crippen molar-refractivity contribution in [3.8, 4) is 0 Å². The molecule has 4 nitrogen and oxygen atoms in total. The van der Waals surface area contributed by atoms with Crippen LogP contribution in [0.3, 0.4) is 0 Å². The summed E-state index contributed by atoms with van der Waals surface area (Å²) >= 11 is 0. The number of rotatable bonds is 4. The highest BCUT2D eigenvalue weighted by Gasteiger charge is 2.45. The molecule has 0 heterocycles. The summed E-state index contributed by atoms with van der Waals surface area (Å²) in [5, 5.41) is 0. The van der Waals surface area contributed by atoms with Gasteiger partial charge in [-0.25, -0.2) is 0 Å². The van der Waals surface area contributed by atoms with E-state index in [-0.39, 0.29) is 0 Å². The van der Waals surface area contributed by atoms with E-state index in [2.05, 4.69) is 0 Å². The van der Waals surface area contributed by atoms with Crippen LogP contribution in [0, 0.1) is 0 Å². The van der Waals surface area contributed by atoms with Crippen LogP contribution in [0.5, 0.6) is 0 Å². The number of hydrogen-bond donors (Lipinski definition) is 1. The van der Waals surface area contributed by atoms with E-state index in [4.69, 9.17) is 9.29 Å². The highest BCUT2D eigenvalue weighted by molar-refractivity contribution is 7.85. The molecule has 2 atom stereocenters. The summed E-state index contributed by atoms with van der Waals surface area (Å²) in [4.78, 5) is 0. The van der Waals surface area contributed by atoms with Crippen molar-refractivity contribution in [3.63, 3.8) is 0 Å². The quantitative estimate of drug-likeness (QED) is 0.868. The highest BCUT2D eigenvalue weighted by atomic mass is 32.2. The number of benzene rings is 1. The molecule has 2 rings (SSSR count). The van der Waals surface area contributed by atoms with Gasteiger partial charge in [0.05, 0.1) is 6.10 Å². The summed E-state index contributed by atoms with van der Waals surface area (Å²) in [5.41, 5.74) is 1.53. The van der Waals surface area contributed by atoms with Crippen LogP contribution in [-0.2, 0) is 21.3 Å². The van der Waals surface area contributed by atoms with Crippen LogP contribution in [0.1, 0.15) is 23.7 Å². The van der Waals surface area contributed by atoms with E-state index in [9.17, 15) is 21.6 Å². The molecule has 20 heavy (non-hydrogen) atoms. The fraction of sp³-hybridized carbons (Fsp3) is 0.500. The van der Waals surface area contributed by atoms with Gasteiger partial charge in [0.1, 0.15) is 5.75 Å². The average molecular weight is 310 g/mol. The number of fused-ring (bicyclic) bond motifs is 1. The van der Waals surface area contributed by atoms with Gasteiger partial charge >= 0.3 is 6.18 Å². The molecule has 1 aromatic carbocycles. The van der Waals surface area contributed by atoms with E-state index in [1.165, 1.54) is 0 Å². The smallest absolute Gasteiger partial charge is 0.360 e. The molecule has 0 aliphatic heterocycles. The van der Waals surface area contributed by atoms with Crippen molar-refractivity contribution in [2.75, 3.05) is 5.75 Å². The van der Waals surface area contributed by atoms with E-state index in [1.807, 2.05) is 0 Å². The van der Waals surface area contributed by atoms with E-state index in [0.29, 0.717) is 18.4 Å². The van der Waals surface area contributed by atoms with Gasteiger partial charge in [0.25, 0.3) is 10.1 Å². The molecule has 112 valence electrons. The number of halogens is 3. The predicted octanol–water partition coefficient (Wildman–Crippen LogP) is 2.51. The third-order valence-corrected chi connectivity index (χ3v) is 3.86. The van der Waals surface area contributed by atoms with Gasteiger partial charge in [-0.15, -0.1) is 0 Å². The van der Waals surface area contributed by atoms with Crippen molar-refractivity contribution in [1.82, 2.24) is 0 Å². The standard InChI is InChI=1S/C12H13F3O4S/c13-12(14,15)11(7-20(16,17)18)19-10-6-5-8-3-1-2-4-9(8)10/h1-4,10-11H,5-7H2,(H,16,17,18). The lowest BCUT2D eigenvalue weighted by Crippen LogP contribution is -2.38. The topological polar surface area (TPSA) is 63.6 Å². The van der Waals surface area contributed by atoms with Crippen LogP contribution < -0.4 is 0 Å². The van der Waals surface area contributed by atoms with Gasteiger partial charge in [0.15, 0.2) is 6.10 Å². The summed E-state index contributed by atoms with van der Waals surface area (Å²) < 4.78 is 73.2. The predicted molar refractivity (Wildman–Crippen MR) is 64.8 cm³/mol. The molecule has 0 saturated carbocycles.